The van der Waals surface area contributed by atoms with E-state index in [2.05, 4.69) is 23.2 Å². The van der Waals surface area contributed by atoms with Crippen molar-refractivity contribution in [2.24, 2.45) is 5.92 Å². The summed E-state index contributed by atoms with van der Waals surface area (Å²) in [7, 11) is 0. The molecule has 0 saturated carbocycles. The lowest BCUT2D eigenvalue weighted by molar-refractivity contribution is 0.0260. The molecule has 0 aromatic heterocycles. The lowest BCUT2D eigenvalue weighted by atomic mass is 9.96. The fourth-order valence-electron chi connectivity index (χ4n) is 3.62. The van der Waals surface area contributed by atoms with Gasteiger partial charge in [-0.25, -0.2) is 4.79 Å². The van der Waals surface area contributed by atoms with Crippen LogP contribution >= 0.6 is 0 Å². The molecule has 5 nitrogen and oxygen atoms in total. The van der Waals surface area contributed by atoms with Gasteiger partial charge in [-0.05, 0) is 44.2 Å². The second kappa shape index (κ2) is 7.99. The molecule has 0 spiro atoms. The maximum atomic E-state index is 12.5. The van der Waals surface area contributed by atoms with Crippen molar-refractivity contribution in [2.45, 2.75) is 26.7 Å². The number of nitrogens with one attached hydrogen (secondary N) is 1. The maximum Gasteiger partial charge on any atom is 0.321 e. The van der Waals surface area contributed by atoms with Crippen LogP contribution in [0.2, 0.25) is 0 Å². The number of nitrogens with zero attached hydrogens (tertiary/aromatic N) is 2. The van der Waals surface area contributed by atoms with Crippen molar-refractivity contribution in [3.05, 3.63) is 29.3 Å². The largest absolute Gasteiger partial charge is 0.379 e. The van der Waals surface area contributed by atoms with E-state index in [0.29, 0.717) is 5.92 Å². The third-order valence-electron chi connectivity index (χ3n) is 5.15. The van der Waals surface area contributed by atoms with Gasteiger partial charge >= 0.3 is 6.03 Å². The average Bonchev–Trinajstić information content (AvgIpc) is 2.59. The lowest BCUT2D eigenvalue weighted by Gasteiger charge is -2.36. The molecule has 0 bridgehead atoms. The van der Waals surface area contributed by atoms with Gasteiger partial charge < -0.3 is 15.0 Å². The first-order valence-electron chi connectivity index (χ1n) is 9.05. The van der Waals surface area contributed by atoms with Gasteiger partial charge in [0, 0.05) is 38.4 Å². The minimum Gasteiger partial charge on any atom is -0.379 e. The summed E-state index contributed by atoms with van der Waals surface area (Å²) in [4.78, 5) is 16.9. The van der Waals surface area contributed by atoms with Crippen LogP contribution in [0.5, 0.6) is 0 Å². The summed E-state index contributed by atoms with van der Waals surface area (Å²) in [6.07, 6.45) is 2.19. The molecule has 24 heavy (non-hydrogen) atoms. The molecule has 0 aliphatic carbocycles. The number of benzene rings is 1. The van der Waals surface area contributed by atoms with Crippen molar-refractivity contribution < 1.29 is 9.53 Å². The highest BCUT2D eigenvalue weighted by Gasteiger charge is 2.25. The Bertz CT molecular complexity index is 562. The van der Waals surface area contributed by atoms with Crippen LogP contribution in [0.3, 0.4) is 0 Å². The monoisotopic (exact) mass is 331 g/mol. The molecule has 132 valence electrons. The number of aryl methyl sites for hydroxylation is 2. The number of hydrogen-bond acceptors (Lipinski definition) is 3. The quantitative estimate of drug-likeness (QED) is 0.926. The van der Waals surface area contributed by atoms with Crippen LogP contribution in [0, 0.1) is 19.8 Å². The molecule has 2 aliphatic rings. The van der Waals surface area contributed by atoms with E-state index in [1.54, 1.807) is 0 Å². The Hall–Kier alpha value is -1.59. The fraction of sp³-hybridized carbons (Fsp3) is 0.632. The van der Waals surface area contributed by atoms with Gasteiger partial charge in [0.15, 0.2) is 0 Å². The number of morpholine rings is 1. The molecule has 3 rings (SSSR count). The molecule has 2 aliphatic heterocycles. The first kappa shape index (κ1) is 17.2. The SMILES string of the molecule is Cc1ccc(NC(=O)N2CCC(CN3CCOCC3)CC2)c(C)c1. The van der Waals surface area contributed by atoms with Gasteiger partial charge in [0.2, 0.25) is 0 Å². The lowest BCUT2D eigenvalue weighted by Crippen LogP contribution is -2.45. The summed E-state index contributed by atoms with van der Waals surface area (Å²) in [5.74, 6) is 0.702. The first-order valence-corrected chi connectivity index (χ1v) is 9.05. The minimum absolute atomic E-state index is 0.0341. The number of rotatable bonds is 3. The Morgan fingerprint density at radius 2 is 1.88 bits per heavy atom. The minimum atomic E-state index is 0.0341. The van der Waals surface area contributed by atoms with Crippen molar-refractivity contribution in [1.29, 1.82) is 0 Å². The zero-order valence-corrected chi connectivity index (χ0v) is 14.9. The zero-order valence-electron chi connectivity index (χ0n) is 14.9. The van der Waals surface area contributed by atoms with E-state index in [1.165, 1.54) is 5.56 Å². The molecule has 5 heteroatoms. The van der Waals surface area contributed by atoms with Crippen molar-refractivity contribution in [2.75, 3.05) is 51.3 Å². The number of ether oxygens (including phenoxy) is 1. The number of piperidine rings is 1. The smallest absolute Gasteiger partial charge is 0.321 e. The van der Waals surface area contributed by atoms with E-state index in [0.717, 1.165) is 70.0 Å². The summed E-state index contributed by atoms with van der Waals surface area (Å²) in [6, 6.07) is 6.17. The zero-order chi connectivity index (χ0) is 16.9. The summed E-state index contributed by atoms with van der Waals surface area (Å²) in [6.45, 7) is 10.8. The molecule has 0 radical (unpaired) electrons. The summed E-state index contributed by atoms with van der Waals surface area (Å²) in [5, 5.41) is 3.06. The maximum absolute atomic E-state index is 12.5. The molecule has 0 atom stereocenters. The Morgan fingerprint density at radius 3 is 2.54 bits per heavy atom. The molecule has 0 unspecified atom stereocenters. The Labute approximate surface area is 145 Å². The number of hydrogen-bond donors (Lipinski definition) is 1. The van der Waals surface area contributed by atoms with E-state index in [-0.39, 0.29) is 6.03 Å². The van der Waals surface area contributed by atoms with Gasteiger partial charge in [-0.3, -0.25) is 4.90 Å². The number of anilines is 1. The van der Waals surface area contributed by atoms with E-state index in [1.807, 2.05) is 24.0 Å². The normalized spacial score (nSPS) is 20.2. The van der Waals surface area contributed by atoms with Gasteiger partial charge in [0.05, 0.1) is 13.2 Å². The van der Waals surface area contributed by atoms with Crippen LogP contribution in [0.4, 0.5) is 10.5 Å². The highest BCUT2D eigenvalue weighted by Crippen LogP contribution is 2.21. The fourth-order valence-corrected chi connectivity index (χ4v) is 3.62. The predicted octanol–water partition coefficient (Wildman–Crippen LogP) is 2.88. The molecule has 1 aromatic carbocycles. The van der Waals surface area contributed by atoms with Crippen LogP contribution in [0.1, 0.15) is 24.0 Å². The van der Waals surface area contributed by atoms with Gasteiger partial charge in [-0.1, -0.05) is 17.7 Å². The van der Waals surface area contributed by atoms with E-state index in [9.17, 15) is 4.79 Å². The van der Waals surface area contributed by atoms with E-state index >= 15 is 0 Å². The van der Waals surface area contributed by atoms with Crippen LogP contribution < -0.4 is 5.32 Å². The van der Waals surface area contributed by atoms with Crippen LogP contribution in [-0.2, 0) is 4.74 Å². The highest BCUT2D eigenvalue weighted by atomic mass is 16.5. The topological polar surface area (TPSA) is 44.8 Å². The predicted molar refractivity (Wildman–Crippen MR) is 96.5 cm³/mol. The molecule has 1 aromatic rings. The van der Waals surface area contributed by atoms with Crippen molar-refractivity contribution >= 4 is 11.7 Å². The molecule has 2 fully saturated rings. The molecule has 2 heterocycles. The van der Waals surface area contributed by atoms with E-state index < -0.39 is 0 Å². The Balaban J connectivity index is 1.46. The van der Waals surface area contributed by atoms with Crippen molar-refractivity contribution in [3.8, 4) is 0 Å². The van der Waals surface area contributed by atoms with Crippen LogP contribution in [0.25, 0.3) is 0 Å². The van der Waals surface area contributed by atoms with E-state index in [4.69, 9.17) is 4.74 Å². The van der Waals surface area contributed by atoms with Crippen molar-refractivity contribution in [3.63, 3.8) is 0 Å². The number of likely N-dealkylation sites (tertiary alicyclic amines) is 1. The summed E-state index contributed by atoms with van der Waals surface area (Å²) in [5.41, 5.74) is 3.25. The summed E-state index contributed by atoms with van der Waals surface area (Å²) >= 11 is 0. The number of urea groups is 1. The Morgan fingerprint density at radius 1 is 1.17 bits per heavy atom. The number of carbonyl (C=O) groups excluding carboxylic acids is 1. The van der Waals surface area contributed by atoms with Crippen LogP contribution in [0.15, 0.2) is 18.2 Å². The second-order valence-corrected chi connectivity index (χ2v) is 7.09. The third-order valence-corrected chi connectivity index (χ3v) is 5.15. The molecular formula is C19H29N3O2. The molecule has 1 N–H and O–H groups in total. The van der Waals surface area contributed by atoms with Gasteiger partial charge in [-0.2, -0.15) is 0 Å². The highest BCUT2D eigenvalue weighted by molar-refractivity contribution is 5.90. The molecule has 2 saturated heterocycles. The second-order valence-electron chi connectivity index (χ2n) is 7.09. The van der Waals surface area contributed by atoms with Gasteiger partial charge in [-0.15, -0.1) is 0 Å². The number of carbonyl (C=O) groups is 1. The first-order chi connectivity index (χ1) is 11.6. The molecule has 2 amide bonds. The average molecular weight is 331 g/mol. The molecular weight excluding hydrogens is 302 g/mol. The number of amides is 2. The van der Waals surface area contributed by atoms with Crippen LogP contribution in [-0.4, -0.2) is 61.8 Å². The van der Waals surface area contributed by atoms with Crippen molar-refractivity contribution in [1.82, 2.24) is 9.80 Å². The summed E-state index contributed by atoms with van der Waals surface area (Å²) < 4.78 is 5.41. The third kappa shape index (κ3) is 4.48. The Kier molecular flexibility index (Phi) is 5.74. The van der Waals surface area contributed by atoms with Gasteiger partial charge in [0.1, 0.15) is 0 Å². The van der Waals surface area contributed by atoms with Gasteiger partial charge in [0.25, 0.3) is 0 Å². The standard InChI is InChI=1S/C19H29N3O2/c1-15-3-4-18(16(2)13-15)20-19(23)22-7-5-17(6-8-22)14-21-9-11-24-12-10-21/h3-4,13,17H,5-12,14H2,1-2H3,(H,20,23).